The van der Waals surface area contributed by atoms with Gasteiger partial charge >= 0.3 is 12.3 Å². The number of nitrogens with zero attached hydrogens (tertiary/aromatic N) is 3. The van der Waals surface area contributed by atoms with Gasteiger partial charge in [-0.1, -0.05) is 6.92 Å². The van der Waals surface area contributed by atoms with Crippen LogP contribution in [0.15, 0.2) is 0 Å². The lowest BCUT2D eigenvalue weighted by molar-refractivity contribution is -0.119. The van der Waals surface area contributed by atoms with E-state index in [0.717, 1.165) is 6.21 Å². The van der Waals surface area contributed by atoms with Crippen LogP contribution in [0.3, 0.4) is 0 Å². The topological polar surface area (TPSA) is 94.0 Å². The molecule has 0 aromatic heterocycles. The first-order chi connectivity index (χ1) is 7.20. The van der Waals surface area contributed by atoms with Crippen LogP contribution < -0.4 is 0 Å². The molecule has 16 heavy (non-hydrogen) atoms. The maximum atomic E-state index is 11.3. The highest BCUT2D eigenvalue weighted by Crippen LogP contribution is 2.15. The van der Waals surface area contributed by atoms with Gasteiger partial charge in [0.1, 0.15) is 0 Å². The van der Waals surface area contributed by atoms with E-state index in [9.17, 15) is 9.59 Å². The highest BCUT2D eigenvalue weighted by Gasteiger charge is 2.29. The predicted molar refractivity (Wildman–Crippen MR) is 58.3 cm³/mol. The zero-order valence-corrected chi connectivity index (χ0v) is 9.97. The number of carbonyl (C=O) groups is 2. The van der Waals surface area contributed by atoms with Crippen molar-refractivity contribution in [3.8, 4) is 0 Å². The molecule has 1 N–H and O–H groups in total. The average Bonchev–Trinajstić information content (AvgIpc) is 2.11. The molecule has 0 aliphatic carbocycles. The molecule has 0 aromatic carbocycles. The molecule has 1 atom stereocenters. The fourth-order valence-corrected chi connectivity index (χ4v) is 1.19. The molecule has 0 fully saturated rings. The number of hydrogen-bond donors (Lipinski definition) is 1. The molecule has 0 bridgehead atoms. The third-order valence-electron chi connectivity index (χ3n) is 2.17. The minimum absolute atomic E-state index is 0.0731. The molecule has 6 heteroatoms. The molecule has 0 rings (SSSR count). The maximum absolute atomic E-state index is 11.3. The Hall–Kier alpha value is -1.68. The van der Waals surface area contributed by atoms with Gasteiger partial charge in [-0.15, -0.1) is 0 Å². The number of hydrogen-bond acceptors (Lipinski definition) is 2. The lowest BCUT2D eigenvalue weighted by atomic mass is 10.0. The van der Waals surface area contributed by atoms with Crippen molar-refractivity contribution in [3.05, 3.63) is 5.53 Å². The number of Topliss-reactive ketones (excluding diaryl/α,β-unsaturated/α-hetero) is 1. The van der Waals surface area contributed by atoms with Gasteiger partial charge in [0.25, 0.3) is 0 Å². The Balaban J connectivity index is 4.72. The molecular formula is C10H17N3O3. The lowest BCUT2D eigenvalue weighted by Crippen LogP contribution is -2.48. The molecule has 0 radical (unpaired) electrons. The second kappa shape index (κ2) is 5.42. The number of carboxylic acid groups (broad SMARTS) is 1. The first kappa shape index (κ1) is 14.3. The Bertz CT molecular complexity index is 327. The van der Waals surface area contributed by atoms with Crippen molar-refractivity contribution in [2.45, 2.75) is 33.2 Å². The maximum Gasteiger partial charge on any atom is 0.407 e. The summed E-state index contributed by atoms with van der Waals surface area (Å²) in [7, 11) is 0. The Kier molecular flexibility index (Phi) is 4.85. The Labute approximate surface area is 94.5 Å². The zero-order chi connectivity index (χ0) is 12.9. The van der Waals surface area contributed by atoms with E-state index in [2.05, 4.69) is 4.79 Å². The van der Waals surface area contributed by atoms with E-state index in [1.165, 1.54) is 4.90 Å². The average molecular weight is 227 g/mol. The van der Waals surface area contributed by atoms with Gasteiger partial charge in [0.15, 0.2) is 0 Å². The smallest absolute Gasteiger partial charge is 0.407 e. The highest BCUT2D eigenvalue weighted by molar-refractivity contribution is 6.26. The van der Waals surface area contributed by atoms with Crippen molar-refractivity contribution in [2.24, 2.45) is 5.92 Å². The van der Waals surface area contributed by atoms with Gasteiger partial charge in [-0.25, -0.2) is 4.79 Å². The van der Waals surface area contributed by atoms with Crippen LogP contribution in [0.5, 0.6) is 0 Å². The molecular weight excluding hydrogens is 210 g/mol. The number of rotatable bonds is 4. The summed E-state index contributed by atoms with van der Waals surface area (Å²) >= 11 is 0. The van der Waals surface area contributed by atoms with Crippen LogP contribution in [0.2, 0.25) is 0 Å². The monoisotopic (exact) mass is 227 g/mol. The SMILES string of the molecule is C[C@@H](CN(C(=O)O)C(C)(C)C)C(=O)C=[N+]=[N-]. The van der Waals surface area contributed by atoms with Gasteiger partial charge in [0.2, 0.25) is 5.78 Å². The summed E-state index contributed by atoms with van der Waals surface area (Å²) in [4.78, 5) is 26.1. The molecule has 0 saturated carbocycles. The van der Waals surface area contributed by atoms with E-state index in [1.807, 2.05) is 0 Å². The fraction of sp³-hybridized carbons (Fsp3) is 0.700. The first-order valence-corrected chi connectivity index (χ1v) is 4.92. The van der Waals surface area contributed by atoms with Gasteiger partial charge in [-0.3, -0.25) is 4.79 Å². The van der Waals surface area contributed by atoms with Crippen LogP contribution >= 0.6 is 0 Å². The van der Waals surface area contributed by atoms with Gasteiger partial charge < -0.3 is 15.5 Å². The van der Waals surface area contributed by atoms with Crippen molar-refractivity contribution in [2.75, 3.05) is 6.54 Å². The Morgan fingerprint density at radius 3 is 2.31 bits per heavy atom. The van der Waals surface area contributed by atoms with E-state index in [0.29, 0.717) is 0 Å². The van der Waals surface area contributed by atoms with E-state index in [4.69, 9.17) is 10.6 Å². The molecule has 6 nitrogen and oxygen atoms in total. The summed E-state index contributed by atoms with van der Waals surface area (Å²) < 4.78 is 0. The van der Waals surface area contributed by atoms with Crippen LogP contribution in [0.25, 0.3) is 5.53 Å². The number of ketones is 1. The normalized spacial score (nSPS) is 12.5. The zero-order valence-electron chi connectivity index (χ0n) is 9.97. The molecule has 0 aliphatic heterocycles. The van der Waals surface area contributed by atoms with Crippen LogP contribution in [0, 0.1) is 5.92 Å². The minimum atomic E-state index is -1.08. The van der Waals surface area contributed by atoms with Crippen LogP contribution in [0.1, 0.15) is 27.7 Å². The largest absolute Gasteiger partial charge is 0.465 e. The summed E-state index contributed by atoms with van der Waals surface area (Å²) in [6, 6.07) is 0. The van der Waals surface area contributed by atoms with E-state index in [1.54, 1.807) is 27.7 Å². The summed E-state index contributed by atoms with van der Waals surface area (Å²) in [6.07, 6.45) is -0.291. The minimum Gasteiger partial charge on any atom is -0.465 e. The molecule has 0 aromatic rings. The van der Waals surface area contributed by atoms with Crippen molar-refractivity contribution in [3.63, 3.8) is 0 Å². The van der Waals surface area contributed by atoms with Gasteiger partial charge in [0, 0.05) is 18.0 Å². The van der Waals surface area contributed by atoms with E-state index >= 15 is 0 Å². The van der Waals surface area contributed by atoms with E-state index in [-0.39, 0.29) is 6.54 Å². The summed E-state index contributed by atoms with van der Waals surface area (Å²) in [6.45, 7) is 6.91. The molecule has 0 aliphatic rings. The summed E-state index contributed by atoms with van der Waals surface area (Å²) in [5.74, 6) is -0.941. The molecule has 0 heterocycles. The third-order valence-corrected chi connectivity index (χ3v) is 2.17. The number of carbonyl (C=O) groups excluding carboxylic acids is 1. The van der Waals surface area contributed by atoms with E-state index < -0.39 is 23.3 Å². The molecule has 0 spiro atoms. The molecule has 1 amide bonds. The Morgan fingerprint density at radius 2 is 2.00 bits per heavy atom. The van der Waals surface area contributed by atoms with Gasteiger partial charge in [-0.05, 0) is 20.8 Å². The molecule has 0 saturated heterocycles. The van der Waals surface area contributed by atoms with Gasteiger partial charge in [0.05, 0.1) is 0 Å². The summed E-state index contributed by atoms with van der Waals surface area (Å²) in [5, 5.41) is 9.00. The first-order valence-electron chi connectivity index (χ1n) is 4.92. The van der Waals surface area contributed by atoms with Crippen molar-refractivity contribution < 1.29 is 19.5 Å². The third kappa shape index (κ3) is 4.23. The highest BCUT2D eigenvalue weighted by atomic mass is 16.4. The van der Waals surface area contributed by atoms with Crippen LogP contribution in [0.4, 0.5) is 4.79 Å². The van der Waals surface area contributed by atoms with Gasteiger partial charge in [-0.2, -0.15) is 4.79 Å². The quantitative estimate of drug-likeness (QED) is 0.445. The van der Waals surface area contributed by atoms with Crippen molar-refractivity contribution in [1.82, 2.24) is 4.90 Å². The molecule has 0 unspecified atom stereocenters. The second-order valence-electron chi connectivity index (χ2n) is 4.61. The van der Waals surface area contributed by atoms with Crippen molar-refractivity contribution >= 4 is 18.1 Å². The second-order valence-corrected chi connectivity index (χ2v) is 4.61. The Morgan fingerprint density at radius 1 is 1.50 bits per heavy atom. The predicted octanol–water partition coefficient (Wildman–Crippen LogP) is 1.27. The lowest BCUT2D eigenvalue weighted by Gasteiger charge is -2.34. The van der Waals surface area contributed by atoms with Crippen LogP contribution in [-0.2, 0) is 4.79 Å². The number of amides is 1. The fourth-order valence-electron chi connectivity index (χ4n) is 1.19. The molecule has 90 valence electrons. The standard InChI is InChI=1S/C10H17N3O3/c1-7(8(14)5-12-11)6-13(9(15)16)10(2,3)4/h5,7H,6H2,1-4H3,(H,15,16)/t7-/m0/s1. The van der Waals surface area contributed by atoms with Crippen LogP contribution in [-0.4, -0.2) is 45.0 Å². The van der Waals surface area contributed by atoms with Crippen molar-refractivity contribution in [1.29, 1.82) is 0 Å². The summed E-state index contributed by atoms with van der Waals surface area (Å²) in [5.41, 5.74) is 7.63.